The second kappa shape index (κ2) is 7.53. The van der Waals surface area contributed by atoms with Gasteiger partial charge in [-0.2, -0.15) is 0 Å². The van der Waals surface area contributed by atoms with Gasteiger partial charge in [-0.3, -0.25) is 4.79 Å². The van der Waals surface area contributed by atoms with Gasteiger partial charge in [0, 0.05) is 6.04 Å². The second-order valence-corrected chi connectivity index (χ2v) is 4.91. The standard InChI is InChI=1S/C15H21NO4/c1-10(2)11(3)16-14(17)9-20-15(18)12-6-5-7-13(8-12)19-4/h5-8,10-11H,9H2,1-4H3,(H,16,17)/t11-/m1/s1. The quantitative estimate of drug-likeness (QED) is 0.809. The van der Waals surface area contributed by atoms with Gasteiger partial charge in [0.05, 0.1) is 12.7 Å². The average Bonchev–Trinajstić information content (AvgIpc) is 2.44. The lowest BCUT2D eigenvalue weighted by atomic mass is 10.1. The number of hydrogen-bond acceptors (Lipinski definition) is 4. The van der Waals surface area contributed by atoms with Crippen LogP contribution in [0.1, 0.15) is 31.1 Å². The molecule has 0 aliphatic rings. The van der Waals surface area contributed by atoms with Crippen LogP contribution in [-0.2, 0) is 9.53 Å². The highest BCUT2D eigenvalue weighted by Crippen LogP contribution is 2.13. The number of ether oxygens (including phenoxy) is 2. The van der Waals surface area contributed by atoms with Crippen LogP contribution in [0.5, 0.6) is 5.75 Å². The molecule has 1 aromatic carbocycles. The van der Waals surface area contributed by atoms with Gasteiger partial charge in [0.25, 0.3) is 5.91 Å². The molecule has 110 valence electrons. The number of rotatable bonds is 6. The van der Waals surface area contributed by atoms with Gasteiger partial charge < -0.3 is 14.8 Å². The van der Waals surface area contributed by atoms with Crippen molar-refractivity contribution in [1.82, 2.24) is 5.32 Å². The van der Waals surface area contributed by atoms with Crippen molar-refractivity contribution >= 4 is 11.9 Å². The van der Waals surface area contributed by atoms with Gasteiger partial charge >= 0.3 is 5.97 Å². The maximum Gasteiger partial charge on any atom is 0.338 e. The van der Waals surface area contributed by atoms with E-state index < -0.39 is 5.97 Å². The topological polar surface area (TPSA) is 64.6 Å². The van der Waals surface area contributed by atoms with Crippen molar-refractivity contribution in [2.24, 2.45) is 5.92 Å². The molecular weight excluding hydrogens is 258 g/mol. The van der Waals surface area contributed by atoms with E-state index in [9.17, 15) is 9.59 Å². The molecule has 20 heavy (non-hydrogen) atoms. The fraction of sp³-hybridized carbons (Fsp3) is 0.467. The fourth-order valence-corrected chi connectivity index (χ4v) is 1.43. The Morgan fingerprint density at radius 3 is 2.55 bits per heavy atom. The summed E-state index contributed by atoms with van der Waals surface area (Å²) in [5.41, 5.74) is 0.356. The Kier molecular flexibility index (Phi) is 6.03. The Balaban J connectivity index is 2.48. The predicted octanol–water partition coefficient (Wildman–Crippen LogP) is 2.01. The summed E-state index contributed by atoms with van der Waals surface area (Å²) in [6.07, 6.45) is 0. The van der Waals surface area contributed by atoms with Gasteiger partial charge in [0.1, 0.15) is 5.75 Å². The molecule has 0 saturated carbocycles. The van der Waals surface area contributed by atoms with Crippen molar-refractivity contribution in [2.45, 2.75) is 26.8 Å². The van der Waals surface area contributed by atoms with E-state index >= 15 is 0 Å². The lowest BCUT2D eigenvalue weighted by Gasteiger charge is -2.17. The normalized spacial score (nSPS) is 11.8. The Morgan fingerprint density at radius 1 is 1.25 bits per heavy atom. The zero-order chi connectivity index (χ0) is 15.1. The van der Waals surface area contributed by atoms with Crippen molar-refractivity contribution in [3.8, 4) is 5.75 Å². The van der Waals surface area contributed by atoms with E-state index in [2.05, 4.69) is 5.32 Å². The first-order valence-corrected chi connectivity index (χ1v) is 6.54. The minimum Gasteiger partial charge on any atom is -0.497 e. The molecule has 0 spiro atoms. The van der Waals surface area contributed by atoms with Gasteiger partial charge in [0.2, 0.25) is 0 Å². The summed E-state index contributed by atoms with van der Waals surface area (Å²) < 4.78 is 9.99. The van der Waals surface area contributed by atoms with Crippen LogP contribution >= 0.6 is 0 Å². The monoisotopic (exact) mass is 279 g/mol. The molecule has 0 saturated heterocycles. The third-order valence-electron chi connectivity index (χ3n) is 3.03. The van der Waals surface area contributed by atoms with Gasteiger partial charge in [-0.15, -0.1) is 0 Å². The number of nitrogens with one attached hydrogen (secondary N) is 1. The Morgan fingerprint density at radius 2 is 1.95 bits per heavy atom. The van der Waals surface area contributed by atoms with Gasteiger partial charge in [-0.25, -0.2) is 4.79 Å². The predicted molar refractivity (Wildman–Crippen MR) is 75.7 cm³/mol. The Hall–Kier alpha value is -2.04. The molecule has 1 aromatic rings. The highest BCUT2D eigenvalue weighted by molar-refractivity contribution is 5.91. The lowest BCUT2D eigenvalue weighted by Crippen LogP contribution is -2.38. The van der Waals surface area contributed by atoms with Crippen molar-refractivity contribution in [2.75, 3.05) is 13.7 Å². The summed E-state index contributed by atoms with van der Waals surface area (Å²) in [4.78, 5) is 23.4. The smallest absolute Gasteiger partial charge is 0.338 e. The third-order valence-corrected chi connectivity index (χ3v) is 3.03. The maximum atomic E-state index is 11.8. The molecule has 0 radical (unpaired) electrons. The molecule has 5 heteroatoms. The van der Waals surface area contributed by atoms with Crippen LogP contribution in [-0.4, -0.2) is 31.6 Å². The molecule has 1 rings (SSSR count). The number of amides is 1. The van der Waals surface area contributed by atoms with Crippen molar-refractivity contribution in [1.29, 1.82) is 0 Å². The number of methoxy groups -OCH3 is 1. The third kappa shape index (κ3) is 4.91. The van der Waals surface area contributed by atoms with Crippen LogP contribution < -0.4 is 10.1 Å². The van der Waals surface area contributed by atoms with Crippen LogP contribution in [0.4, 0.5) is 0 Å². The van der Waals surface area contributed by atoms with Crippen LogP contribution in [0.3, 0.4) is 0 Å². The van der Waals surface area contributed by atoms with E-state index in [1.165, 1.54) is 7.11 Å². The Bertz CT molecular complexity index is 471. The van der Waals surface area contributed by atoms with Crippen molar-refractivity contribution in [3.63, 3.8) is 0 Å². The highest BCUT2D eigenvalue weighted by atomic mass is 16.5. The number of benzene rings is 1. The summed E-state index contributed by atoms with van der Waals surface area (Å²) in [7, 11) is 1.52. The molecule has 0 aromatic heterocycles. The first kappa shape index (κ1) is 16.0. The first-order chi connectivity index (χ1) is 9.43. The minimum absolute atomic E-state index is 0.0398. The zero-order valence-electron chi connectivity index (χ0n) is 12.3. The minimum atomic E-state index is -0.545. The average molecular weight is 279 g/mol. The van der Waals surface area contributed by atoms with Crippen LogP contribution in [0, 0.1) is 5.92 Å². The largest absolute Gasteiger partial charge is 0.497 e. The second-order valence-electron chi connectivity index (χ2n) is 4.91. The molecule has 0 unspecified atom stereocenters. The molecule has 5 nitrogen and oxygen atoms in total. The lowest BCUT2D eigenvalue weighted by molar-refractivity contribution is -0.125. The Labute approximate surface area is 119 Å². The number of hydrogen-bond donors (Lipinski definition) is 1. The molecular formula is C15H21NO4. The van der Waals surface area contributed by atoms with Crippen molar-refractivity contribution < 1.29 is 19.1 Å². The van der Waals surface area contributed by atoms with E-state index in [0.717, 1.165) is 0 Å². The van der Waals surface area contributed by atoms with Gasteiger partial charge in [0.15, 0.2) is 6.61 Å². The zero-order valence-corrected chi connectivity index (χ0v) is 12.3. The molecule has 0 aliphatic carbocycles. The van der Waals surface area contributed by atoms with Crippen LogP contribution in [0.15, 0.2) is 24.3 Å². The van der Waals surface area contributed by atoms with Gasteiger partial charge in [-0.05, 0) is 31.0 Å². The maximum absolute atomic E-state index is 11.8. The molecule has 0 aliphatic heterocycles. The molecule has 1 amide bonds. The molecule has 0 bridgehead atoms. The summed E-state index contributed by atoms with van der Waals surface area (Å²) >= 11 is 0. The fourth-order valence-electron chi connectivity index (χ4n) is 1.43. The number of carbonyl (C=O) groups is 2. The van der Waals surface area contributed by atoms with E-state index in [0.29, 0.717) is 17.2 Å². The van der Waals surface area contributed by atoms with E-state index in [4.69, 9.17) is 9.47 Å². The number of esters is 1. The summed E-state index contributed by atoms with van der Waals surface area (Å²) in [5, 5.41) is 2.77. The summed E-state index contributed by atoms with van der Waals surface area (Å²) in [5.74, 6) is 0.0454. The number of carbonyl (C=O) groups excluding carboxylic acids is 2. The van der Waals surface area contributed by atoms with Crippen molar-refractivity contribution in [3.05, 3.63) is 29.8 Å². The molecule has 0 heterocycles. The first-order valence-electron chi connectivity index (χ1n) is 6.54. The SMILES string of the molecule is COc1cccc(C(=O)OCC(=O)N[C@H](C)C(C)C)c1. The molecule has 1 N–H and O–H groups in total. The van der Waals surface area contributed by atoms with Gasteiger partial charge in [-0.1, -0.05) is 19.9 Å². The highest BCUT2D eigenvalue weighted by Gasteiger charge is 2.14. The molecule has 0 fully saturated rings. The van der Waals surface area contributed by atoms with Crippen LogP contribution in [0.25, 0.3) is 0 Å². The van der Waals surface area contributed by atoms with E-state index in [1.807, 2.05) is 20.8 Å². The van der Waals surface area contributed by atoms with E-state index in [1.54, 1.807) is 24.3 Å². The molecule has 1 atom stereocenters. The van der Waals surface area contributed by atoms with E-state index in [-0.39, 0.29) is 18.6 Å². The summed E-state index contributed by atoms with van der Waals surface area (Å²) in [6.45, 7) is 5.64. The summed E-state index contributed by atoms with van der Waals surface area (Å²) in [6, 6.07) is 6.64. The van der Waals surface area contributed by atoms with Crippen LogP contribution in [0.2, 0.25) is 0 Å².